The molecule has 4 nitrogen and oxygen atoms in total. The highest BCUT2D eigenvalue weighted by Gasteiger charge is 2.30. The van der Waals surface area contributed by atoms with Crippen LogP contribution < -0.4 is 5.32 Å². The first-order valence-electron chi connectivity index (χ1n) is 7.34. The SMILES string of the molecule is O=C(NCCc1ccc(C(F)(F)F)cc1)c1cc(C2CC2)on1. The lowest BCUT2D eigenvalue weighted by atomic mass is 10.1. The fraction of sp³-hybridized carbons (Fsp3) is 0.375. The molecule has 1 aromatic heterocycles. The number of alkyl halides is 3. The van der Waals surface area contributed by atoms with E-state index < -0.39 is 11.7 Å². The molecule has 0 bridgehead atoms. The van der Waals surface area contributed by atoms with Crippen molar-refractivity contribution in [3.05, 3.63) is 52.9 Å². The van der Waals surface area contributed by atoms with Crippen LogP contribution in [-0.2, 0) is 12.6 Å². The number of nitrogens with zero attached hydrogens (tertiary/aromatic N) is 1. The molecular weight excluding hydrogens is 309 g/mol. The summed E-state index contributed by atoms with van der Waals surface area (Å²) in [4.78, 5) is 11.9. The van der Waals surface area contributed by atoms with E-state index >= 15 is 0 Å². The number of carbonyl (C=O) groups excluding carboxylic acids is 1. The zero-order valence-electron chi connectivity index (χ0n) is 12.2. The summed E-state index contributed by atoms with van der Waals surface area (Å²) in [7, 11) is 0. The fourth-order valence-corrected chi connectivity index (χ4v) is 2.23. The topological polar surface area (TPSA) is 55.1 Å². The molecule has 122 valence electrons. The van der Waals surface area contributed by atoms with E-state index in [1.54, 1.807) is 6.07 Å². The quantitative estimate of drug-likeness (QED) is 0.915. The van der Waals surface area contributed by atoms with Crippen LogP contribution in [0.25, 0.3) is 0 Å². The molecule has 1 fully saturated rings. The lowest BCUT2D eigenvalue weighted by Gasteiger charge is -2.08. The Morgan fingerprint density at radius 1 is 1.26 bits per heavy atom. The average Bonchev–Trinajstić information content (AvgIpc) is 3.24. The summed E-state index contributed by atoms with van der Waals surface area (Å²) in [6, 6.07) is 6.55. The molecule has 0 saturated heterocycles. The first kappa shape index (κ1) is 15.6. The van der Waals surface area contributed by atoms with Crippen LogP contribution in [0.1, 0.15) is 46.1 Å². The smallest absolute Gasteiger partial charge is 0.360 e. The number of nitrogens with one attached hydrogen (secondary N) is 1. The molecule has 23 heavy (non-hydrogen) atoms. The van der Waals surface area contributed by atoms with Crippen LogP contribution in [0.5, 0.6) is 0 Å². The molecule has 0 spiro atoms. The summed E-state index contributed by atoms with van der Waals surface area (Å²) >= 11 is 0. The van der Waals surface area contributed by atoms with Gasteiger partial charge in [0.05, 0.1) is 5.56 Å². The molecule has 0 aliphatic heterocycles. The van der Waals surface area contributed by atoms with E-state index in [-0.39, 0.29) is 11.6 Å². The first-order valence-corrected chi connectivity index (χ1v) is 7.34. The zero-order chi connectivity index (χ0) is 16.4. The van der Waals surface area contributed by atoms with E-state index in [1.165, 1.54) is 12.1 Å². The Labute approximate surface area is 130 Å². The third-order valence-corrected chi connectivity index (χ3v) is 3.72. The van der Waals surface area contributed by atoms with Crippen molar-refractivity contribution in [2.24, 2.45) is 0 Å². The Bertz CT molecular complexity index is 688. The van der Waals surface area contributed by atoms with Gasteiger partial charge in [0.1, 0.15) is 5.76 Å². The van der Waals surface area contributed by atoms with Gasteiger partial charge in [-0.3, -0.25) is 4.79 Å². The van der Waals surface area contributed by atoms with E-state index in [2.05, 4.69) is 10.5 Å². The third-order valence-electron chi connectivity index (χ3n) is 3.72. The summed E-state index contributed by atoms with van der Waals surface area (Å²) < 4.78 is 42.5. The van der Waals surface area contributed by atoms with Gasteiger partial charge in [-0.25, -0.2) is 0 Å². The second-order valence-electron chi connectivity index (χ2n) is 5.59. The van der Waals surface area contributed by atoms with Gasteiger partial charge in [-0.05, 0) is 37.0 Å². The minimum atomic E-state index is -4.33. The van der Waals surface area contributed by atoms with E-state index in [9.17, 15) is 18.0 Å². The van der Waals surface area contributed by atoms with Crippen molar-refractivity contribution >= 4 is 5.91 Å². The number of hydrogen-bond acceptors (Lipinski definition) is 3. The largest absolute Gasteiger partial charge is 0.416 e. The van der Waals surface area contributed by atoms with Gasteiger partial charge in [-0.1, -0.05) is 17.3 Å². The van der Waals surface area contributed by atoms with Crippen LogP contribution in [0.2, 0.25) is 0 Å². The third kappa shape index (κ3) is 3.91. The highest BCUT2D eigenvalue weighted by molar-refractivity contribution is 5.92. The zero-order valence-corrected chi connectivity index (χ0v) is 12.2. The fourth-order valence-electron chi connectivity index (χ4n) is 2.23. The minimum absolute atomic E-state index is 0.235. The van der Waals surface area contributed by atoms with Crippen molar-refractivity contribution < 1.29 is 22.5 Å². The normalized spacial score (nSPS) is 14.7. The van der Waals surface area contributed by atoms with Crippen LogP contribution in [0, 0.1) is 0 Å². The lowest BCUT2D eigenvalue weighted by molar-refractivity contribution is -0.137. The van der Waals surface area contributed by atoms with Crippen molar-refractivity contribution in [3.8, 4) is 0 Å². The molecule has 1 aromatic carbocycles. The molecule has 0 unspecified atom stereocenters. The maximum atomic E-state index is 12.5. The highest BCUT2D eigenvalue weighted by Crippen LogP contribution is 2.40. The monoisotopic (exact) mass is 324 g/mol. The van der Waals surface area contributed by atoms with E-state index in [4.69, 9.17) is 4.52 Å². The van der Waals surface area contributed by atoms with Gasteiger partial charge in [0.25, 0.3) is 5.91 Å². The number of hydrogen-bond donors (Lipinski definition) is 1. The van der Waals surface area contributed by atoms with Crippen molar-refractivity contribution in [3.63, 3.8) is 0 Å². The number of benzene rings is 1. The Kier molecular flexibility index (Phi) is 4.11. The molecule has 0 atom stereocenters. The van der Waals surface area contributed by atoms with E-state index in [0.29, 0.717) is 18.9 Å². The van der Waals surface area contributed by atoms with Crippen LogP contribution in [0.4, 0.5) is 13.2 Å². The molecule has 3 rings (SSSR count). The molecule has 7 heteroatoms. The standard InChI is InChI=1S/C16H15F3N2O2/c17-16(18,19)12-5-1-10(2-6-12)7-8-20-15(22)13-9-14(23-21-13)11-3-4-11/h1-2,5-6,9,11H,3-4,7-8H2,(H,20,22). The summed E-state index contributed by atoms with van der Waals surface area (Å²) in [6.45, 7) is 0.315. The predicted octanol–water partition coefficient (Wildman–Crippen LogP) is 3.54. The molecule has 0 radical (unpaired) electrons. The highest BCUT2D eigenvalue weighted by atomic mass is 19.4. The lowest BCUT2D eigenvalue weighted by Crippen LogP contribution is -2.25. The average molecular weight is 324 g/mol. The molecule has 1 N–H and O–H groups in total. The summed E-state index contributed by atoms with van der Waals surface area (Å²) in [6.07, 6.45) is -1.77. The van der Waals surface area contributed by atoms with Gasteiger partial charge in [-0.15, -0.1) is 0 Å². The number of halogens is 3. The van der Waals surface area contributed by atoms with Crippen molar-refractivity contribution in [2.75, 3.05) is 6.54 Å². The van der Waals surface area contributed by atoms with Gasteiger partial charge in [0.2, 0.25) is 0 Å². The van der Waals surface area contributed by atoms with Gasteiger partial charge in [-0.2, -0.15) is 13.2 Å². The van der Waals surface area contributed by atoms with E-state index in [1.807, 2.05) is 0 Å². The van der Waals surface area contributed by atoms with Crippen molar-refractivity contribution in [1.29, 1.82) is 0 Å². The number of amides is 1. The van der Waals surface area contributed by atoms with E-state index in [0.717, 1.165) is 36.3 Å². The predicted molar refractivity (Wildman–Crippen MR) is 76.0 cm³/mol. The van der Waals surface area contributed by atoms with Gasteiger partial charge in [0, 0.05) is 18.5 Å². The Morgan fingerprint density at radius 2 is 1.96 bits per heavy atom. The molecule has 1 amide bonds. The molecule has 1 aliphatic rings. The maximum absolute atomic E-state index is 12.5. The summed E-state index contributed by atoms with van der Waals surface area (Å²) in [5, 5.41) is 6.41. The molecule has 2 aromatic rings. The summed E-state index contributed by atoms with van der Waals surface area (Å²) in [5.74, 6) is 0.779. The van der Waals surface area contributed by atoms with Gasteiger partial charge < -0.3 is 9.84 Å². The number of carbonyl (C=O) groups is 1. The second-order valence-corrected chi connectivity index (χ2v) is 5.59. The number of rotatable bonds is 5. The molecule has 1 saturated carbocycles. The molecular formula is C16H15F3N2O2. The van der Waals surface area contributed by atoms with Gasteiger partial charge in [0.15, 0.2) is 5.69 Å². The maximum Gasteiger partial charge on any atom is 0.416 e. The van der Waals surface area contributed by atoms with Gasteiger partial charge >= 0.3 is 6.18 Å². The van der Waals surface area contributed by atoms with Crippen molar-refractivity contribution in [2.45, 2.75) is 31.4 Å². The molecule has 1 heterocycles. The number of aromatic nitrogens is 1. The Balaban J connectivity index is 1.49. The van der Waals surface area contributed by atoms with Crippen LogP contribution in [0.15, 0.2) is 34.9 Å². The van der Waals surface area contributed by atoms with Crippen LogP contribution in [-0.4, -0.2) is 17.6 Å². The summed E-state index contributed by atoms with van der Waals surface area (Å²) in [5.41, 5.74) is 0.275. The molecule has 1 aliphatic carbocycles. The Hall–Kier alpha value is -2.31. The Morgan fingerprint density at radius 3 is 2.57 bits per heavy atom. The van der Waals surface area contributed by atoms with Crippen LogP contribution >= 0.6 is 0 Å². The second kappa shape index (κ2) is 6.06. The van der Waals surface area contributed by atoms with Crippen molar-refractivity contribution in [1.82, 2.24) is 10.5 Å². The minimum Gasteiger partial charge on any atom is -0.360 e. The van der Waals surface area contributed by atoms with Crippen LogP contribution in [0.3, 0.4) is 0 Å². The first-order chi connectivity index (χ1) is 10.9.